The first kappa shape index (κ1) is 26.9. The highest BCUT2D eigenvalue weighted by atomic mass is 19.4. The fourth-order valence-electron chi connectivity index (χ4n) is 4.36. The maximum Gasteiger partial charge on any atom is 0.416 e. The normalized spacial score (nSPS) is 15.7. The highest BCUT2D eigenvalue weighted by Gasteiger charge is 2.38. The second-order valence-electron chi connectivity index (χ2n) is 8.94. The number of rotatable bonds is 7. The first-order valence-corrected chi connectivity index (χ1v) is 11.7. The van der Waals surface area contributed by atoms with E-state index in [1.807, 2.05) is 18.2 Å². The first-order valence-electron chi connectivity index (χ1n) is 11.7. The van der Waals surface area contributed by atoms with E-state index in [1.54, 1.807) is 12.1 Å². The third-order valence-corrected chi connectivity index (χ3v) is 6.28. The van der Waals surface area contributed by atoms with Gasteiger partial charge in [0.1, 0.15) is 17.3 Å². The van der Waals surface area contributed by atoms with E-state index in [2.05, 4.69) is 5.32 Å². The van der Waals surface area contributed by atoms with Crippen LogP contribution >= 0.6 is 0 Å². The number of alkyl halides is 6. The number of aryl methyl sites for hydroxylation is 2. The van der Waals surface area contributed by atoms with E-state index in [4.69, 9.17) is 4.74 Å². The van der Waals surface area contributed by atoms with Crippen LogP contribution in [0.25, 0.3) is 0 Å². The molecule has 0 aliphatic heterocycles. The summed E-state index contributed by atoms with van der Waals surface area (Å²) in [6.07, 6.45) is -8.39. The van der Waals surface area contributed by atoms with E-state index in [1.165, 1.54) is 23.3 Å². The van der Waals surface area contributed by atoms with Crippen molar-refractivity contribution >= 4 is 0 Å². The maximum absolute atomic E-state index is 14.8. The molecule has 0 saturated carbocycles. The zero-order chi connectivity index (χ0) is 26.8. The van der Waals surface area contributed by atoms with Gasteiger partial charge in [0, 0.05) is 12.1 Å². The SMILES string of the molecule is O[C@H](CNC(c1cccc(Oc2ccc3c(c2)CCCC3)c1)c1ccc(C(F)(F)F)cc1F)C(F)(F)F. The van der Waals surface area contributed by atoms with Gasteiger partial charge < -0.3 is 15.2 Å². The van der Waals surface area contributed by atoms with Crippen molar-refractivity contribution in [1.29, 1.82) is 0 Å². The Bertz CT molecular complexity index is 1240. The van der Waals surface area contributed by atoms with E-state index >= 15 is 0 Å². The fourth-order valence-corrected chi connectivity index (χ4v) is 4.36. The number of halogens is 7. The Labute approximate surface area is 208 Å². The molecule has 0 heterocycles. The van der Waals surface area contributed by atoms with Crippen LogP contribution in [-0.4, -0.2) is 23.9 Å². The molecule has 1 aliphatic carbocycles. The van der Waals surface area contributed by atoms with Crippen LogP contribution in [0.3, 0.4) is 0 Å². The van der Waals surface area contributed by atoms with Crippen molar-refractivity contribution in [2.75, 3.05) is 6.54 Å². The van der Waals surface area contributed by atoms with Gasteiger partial charge in [-0.3, -0.25) is 0 Å². The molecule has 2 atom stereocenters. The van der Waals surface area contributed by atoms with Crippen LogP contribution in [0.2, 0.25) is 0 Å². The number of nitrogens with one attached hydrogen (secondary N) is 1. The molecule has 0 radical (unpaired) electrons. The molecule has 3 aromatic rings. The minimum atomic E-state index is -4.94. The summed E-state index contributed by atoms with van der Waals surface area (Å²) >= 11 is 0. The number of ether oxygens (including phenoxy) is 1. The summed E-state index contributed by atoms with van der Waals surface area (Å²) in [5.41, 5.74) is 1.12. The molecule has 1 aliphatic rings. The Kier molecular flexibility index (Phi) is 7.80. The van der Waals surface area contributed by atoms with Crippen LogP contribution in [0.4, 0.5) is 30.7 Å². The number of hydrogen-bond acceptors (Lipinski definition) is 3. The zero-order valence-electron chi connectivity index (χ0n) is 19.5. The molecule has 0 saturated heterocycles. The van der Waals surface area contributed by atoms with Crippen molar-refractivity contribution < 1.29 is 40.6 Å². The highest BCUT2D eigenvalue weighted by molar-refractivity contribution is 5.43. The Morgan fingerprint density at radius 2 is 1.54 bits per heavy atom. The molecule has 4 rings (SSSR count). The molecule has 0 fully saturated rings. The predicted octanol–water partition coefficient (Wildman–Crippen LogP) is 7.12. The molecule has 0 spiro atoms. The van der Waals surface area contributed by atoms with Crippen LogP contribution < -0.4 is 10.1 Å². The van der Waals surface area contributed by atoms with Gasteiger partial charge in [-0.15, -0.1) is 0 Å². The van der Waals surface area contributed by atoms with Crippen LogP contribution in [0.5, 0.6) is 11.5 Å². The number of aliphatic hydroxyl groups excluding tert-OH is 1. The van der Waals surface area contributed by atoms with Crippen molar-refractivity contribution in [3.63, 3.8) is 0 Å². The fraction of sp³-hybridized carbons (Fsp3) is 0.333. The minimum Gasteiger partial charge on any atom is -0.457 e. The van der Waals surface area contributed by atoms with Gasteiger partial charge in [0.15, 0.2) is 6.10 Å². The summed E-state index contributed by atoms with van der Waals surface area (Å²) in [6, 6.07) is 12.3. The first-order chi connectivity index (χ1) is 17.4. The number of hydrogen-bond donors (Lipinski definition) is 2. The molecule has 37 heavy (non-hydrogen) atoms. The van der Waals surface area contributed by atoms with Crippen molar-refractivity contribution in [3.8, 4) is 11.5 Å². The van der Waals surface area contributed by atoms with Gasteiger partial charge in [0.25, 0.3) is 0 Å². The molecule has 198 valence electrons. The molecule has 3 nitrogen and oxygen atoms in total. The van der Waals surface area contributed by atoms with Gasteiger partial charge in [-0.2, -0.15) is 26.3 Å². The smallest absolute Gasteiger partial charge is 0.416 e. The summed E-state index contributed by atoms with van der Waals surface area (Å²) in [4.78, 5) is 0. The summed E-state index contributed by atoms with van der Waals surface area (Å²) in [5.74, 6) is -0.394. The average Bonchev–Trinajstić information content (AvgIpc) is 2.84. The average molecular weight is 527 g/mol. The number of benzene rings is 3. The van der Waals surface area contributed by atoms with Gasteiger partial charge >= 0.3 is 12.4 Å². The van der Waals surface area contributed by atoms with Crippen molar-refractivity contribution in [1.82, 2.24) is 5.32 Å². The lowest BCUT2D eigenvalue weighted by molar-refractivity contribution is -0.202. The predicted molar refractivity (Wildman–Crippen MR) is 123 cm³/mol. The van der Waals surface area contributed by atoms with Gasteiger partial charge in [0.2, 0.25) is 0 Å². The summed E-state index contributed by atoms with van der Waals surface area (Å²) in [5, 5.41) is 11.9. The number of aliphatic hydroxyl groups is 1. The largest absolute Gasteiger partial charge is 0.457 e. The Morgan fingerprint density at radius 3 is 2.22 bits per heavy atom. The van der Waals surface area contributed by atoms with Crippen molar-refractivity contribution in [2.24, 2.45) is 0 Å². The van der Waals surface area contributed by atoms with Gasteiger partial charge in [-0.05, 0) is 78.8 Å². The van der Waals surface area contributed by atoms with E-state index < -0.39 is 42.4 Å². The third-order valence-electron chi connectivity index (χ3n) is 6.28. The lowest BCUT2D eigenvalue weighted by atomic mass is 9.92. The molecule has 3 aromatic carbocycles. The third kappa shape index (κ3) is 6.61. The quantitative estimate of drug-likeness (QED) is 0.322. The molecule has 0 bridgehead atoms. The zero-order valence-corrected chi connectivity index (χ0v) is 19.5. The van der Waals surface area contributed by atoms with Gasteiger partial charge in [0.05, 0.1) is 11.6 Å². The van der Waals surface area contributed by atoms with E-state index in [0.29, 0.717) is 17.6 Å². The Hall–Kier alpha value is -3.11. The monoisotopic (exact) mass is 527 g/mol. The number of fused-ring (bicyclic) bond motifs is 1. The van der Waals surface area contributed by atoms with Crippen LogP contribution in [0.1, 0.15) is 46.7 Å². The summed E-state index contributed by atoms with van der Waals surface area (Å²) in [7, 11) is 0. The second kappa shape index (κ2) is 10.7. The Balaban J connectivity index is 1.64. The van der Waals surface area contributed by atoms with E-state index in [0.717, 1.165) is 31.7 Å². The molecule has 2 N–H and O–H groups in total. The molecule has 0 aromatic heterocycles. The van der Waals surface area contributed by atoms with E-state index in [-0.39, 0.29) is 17.2 Å². The van der Waals surface area contributed by atoms with Crippen molar-refractivity contribution in [2.45, 2.75) is 50.2 Å². The van der Waals surface area contributed by atoms with Gasteiger partial charge in [-0.25, -0.2) is 4.39 Å². The lowest BCUT2D eigenvalue weighted by Crippen LogP contribution is -2.40. The lowest BCUT2D eigenvalue weighted by Gasteiger charge is -2.24. The Morgan fingerprint density at radius 1 is 0.838 bits per heavy atom. The van der Waals surface area contributed by atoms with Crippen molar-refractivity contribution in [3.05, 3.63) is 94.3 Å². The molecule has 0 amide bonds. The van der Waals surface area contributed by atoms with Gasteiger partial charge in [-0.1, -0.05) is 24.3 Å². The summed E-state index contributed by atoms with van der Waals surface area (Å²) < 4.78 is 98.5. The molecule has 10 heteroatoms. The molecule has 1 unspecified atom stereocenters. The maximum atomic E-state index is 14.8. The van der Waals surface area contributed by atoms with Crippen LogP contribution in [0.15, 0.2) is 60.7 Å². The second-order valence-corrected chi connectivity index (χ2v) is 8.94. The molecular weight excluding hydrogens is 503 g/mol. The molecular formula is C27H24F7NO2. The van der Waals surface area contributed by atoms with Crippen LogP contribution in [0, 0.1) is 5.82 Å². The van der Waals surface area contributed by atoms with Crippen LogP contribution in [-0.2, 0) is 19.0 Å². The highest BCUT2D eigenvalue weighted by Crippen LogP contribution is 2.35. The summed E-state index contributed by atoms with van der Waals surface area (Å²) in [6.45, 7) is -1.01. The standard InChI is InChI=1S/C27H24F7NO2/c28-23-14-19(26(29,30)31)9-11-22(23)25(35-15-24(36)27(32,33)34)18-6-3-7-20(13-18)37-21-10-8-16-4-1-2-5-17(16)12-21/h3,6-14,24-25,35-36H,1-2,4-5,15H2/t24-,25?/m1/s1. The topological polar surface area (TPSA) is 41.5 Å². The van der Waals surface area contributed by atoms with E-state index in [9.17, 15) is 35.8 Å². The minimum absolute atomic E-state index is 0.239.